The Morgan fingerprint density at radius 3 is 2.80 bits per heavy atom. The zero-order valence-electron chi connectivity index (χ0n) is 11.9. The molecule has 4 nitrogen and oxygen atoms in total. The van der Waals surface area contributed by atoms with Crippen molar-refractivity contribution in [2.75, 3.05) is 12.4 Å². The maximum Gasteiger partial charge on any atom is 0.229 e. The number of benzene rings is 1. The van der Waals surface area contributed by atoms with Crippen molar-refractivity contribution < 1.29 is 9.53 Å². The standard InChI is InChI=1S/C15H18N2O2S/c1-10-6-4-5-7-12(10)17-14(18)8-13-11(2)16-15(20-13)9-19-3/h4-7H,8-9H2,1-3H3,(H,17,18). The molecule has 0 unspecified atom stereocenters. The first-order valence-corrected chi connectivity index (χ1v) is 7.21. The van der Waals surface area contributed by atoms with Gasteiger partial charge in [0.15, 0.2) is 0 Å². The number of nitrogens with one attached hydrogen (secondary N) is 1. The van der Waals surface area contributed by atoms with Crippen LogP contribution in [0.15, 0.2) is 24.3 Å². The molecule has 0 aliphatic carbocycles. The van der Waals surface area contributed by atoms with E-state index in [0.717, 1.165) is 26.8 Å². The molecule has 0 fully saturated rings. The smallest absolute Gasteiger partial charge is 0.229 e. The summed E-state index contributed by atoms with van der Waals surface area (Å²) in [5, 5.41) is 3.84. The number of carbonyl (C=O) groups excluding carboxylic acids is 1. The van der Waals surface area contributed by atoms with Crippen molar-refractivity contribution in [3.63, 3.8) is 0 Å². The van der Waals surface area contributed by atoms with Crippen molar-refractivity contribution in [2.45, 2.75) is 26.9 Å². The molecule has 20 heavy (non-hydrogen) atoms. The van der Waals surface area contributed by atoms with Gasteiger partial charge in [-0.1, -0.05) is 18.2 Å². The van der Waals surface area contributed by atoms with Gasteiger partial charge in [-0.05, 0) is 25.5 Å². The molecule has 1 N–H and O–H groups in total. The Morgan fingerprint density at radius 1 is 1.35 bits per heavy atom. The molecule has 5 heteroatoms. The van der Waals surface area contributed by atoms with Crippen LogP contribution < -0.4 is 5.32 Å². The van der Waals surface area contributed by atoms with Crippen LogP contribution in [0.25, 0.3) is 0 Å². The van der Waals surface area contributed by atoms with Crippen molar-refractivity contribution >= 4 is 22.9 Å². The van der Waals surface area contributed by atoms with Gasteiger partial charge in [0.2, 0.25) is 5.91 Å². The molecular formula is C15H18N2O2S. The number of para-hydroxylation sites is 1. The first-order valence-electron chi connectivity index (χ1n) is 6.39. The second-order valence-electron chi connectivity index (χ2n) is 4.59. The Kier molecular flexibility index (Phi) is 4.87. The molecule has 0 saturated carbocycles. The number of amides is 1. The first-order chi connectivity index (χ1) is 9.60. The summed E-state index contributed by atoms with van der Waals surface area (Å²) in [7, 11) is 1.64. The maximum absolute atomic E-state index is 12.1. The number of hydrogen-bond acceptors (Lipinski definition) is 4. The fourth-order valence-corrected chi connectivity index (χ4v) is 2.93. The number of anilines is 1. The van der Waals surface area contributed by atoms with Gasteiger partial charge in [0, 0.05) is 17.7 Å². The van der Waals surface area contributed by atoms with Gasteiger partial charge in [0.25, 0.3) is 0 Å². The van der Waals surface area contributed by atoms with Crippen LogP contribution >= 0.6 is 11.3 Å². The van der Waals surface area contributed by atoms with E-state index in [0.29, 0.717) is 13.0 Å². The molecule has 1 heterocycles. The molecule has 2 aromatic rings. The Balaban J connectivity index is 2.03. The summed E-state index contributed by atoms with van der Waals surface area (Å²) in [6, 6.07) is 7.75. The van der Waals surface area contributed by atoms with E-state index in [-0.39, 0.29) is 5.91 Å². The molecule has 0 atom stereocenters. The van der Waals surface area contributed by atoms with Gasteiger partial charge < -0.3 is 10.1 Å². The summed E-state index contributed by atoms with van der Waals surface area (Å²) in [4.78, 5) is 17.5. The molecule has 0 radical (unpaired) electrons. The average Bonchev–Trinajstić information content (AvgIpc) is 2.73. The highest BCUT2D eigenvalue weighted by Crippen LogP contribution is 2.20. The summed E-state index contributed by atoms with van der Waals surface area (Å²) in [5.41, 5.74) is 2.82. The molecule has 106 valence electrons. The highest BCUT2D eigenvalue weighted by molar-refractivity contribution is 7.11. The zero-order valence-corrected chi connectivity index (χ0v) is 12.7. The predicted molar refractivity (Wildman–Crippen MR) is 81.1 cm³/mol. The second-order valence-corrected chi connectivity index (χ2v) is 5.76. The Hall–Kier alpha value is -1.72. The van der Waals surface area contributed by atoms with E-state index in [4.69, 9.17) is 4.74 Å². The van der Waals surface area contributed by atoms with Gasteiger partial charge in [-0.2, -0.15) is 0 Å². The topological polar surface area (TPSA) is 51.2 Å². The largest absolute Gasteiger partial charge is 0.378 e. The number of thiazole rings is 1. The molecule has 1 aromatic heterocycles. The molecule has 0 aliphatic heterocycles. The van der Waals surface area contributed by atoms with E-state index < -0.39 is 0 Å². The number of rotatable bonds is 5. The monoisotopic (exact) mass is 290 g/mol. The third-order valence-corrected chi connectivity index (χ3v) is 4.08. The van der Waals surface area contributed by atoms with Crippen molar-refractivity contribution in [2.24, 2.45) is 0 Å². The third kappa shape index (κ3) is 3.65. The molecule has 0 saturated heterocycles. The second kappa shape index (κ2) is 6.63. The van der Waals surface area contributed by atoms with Crippen LogP contribution in [0.5, 0.6) is 0 Å². The molecule has 0 bridgehead atoms. The van der Waals surface area contributed by atoms with Crippen LogP contribution in [0.1, 0.15) is 21.1 Å². The minimum absolute atomic E-state index is 0.0185. The number of nitrogens with zero attached hydrogens (tertiary/aromatic N) is 1. The summed E-state index contributed by atoms with van der Waals surface area (Å²) in [5.74, 6) is -0.0185. The van der Waals surface area contributed by atoms with Gasteiger partial charge >= 0.3 is 0 Å². The molecular weight excluding hydrogens is 272 g/mol. The van der Waals surface area contributed by atoms with Gasteiger partial charge in [0.1, 0.15) is 5.01 Å². The lowest BCUT2D eigenvalue weighted by Crippen LogP contribution is -2.14. The lowest BCUT2D eigenvalue weighted by Gasteiger charge is -2.07. The fraction of sp³-hybridized carbons (Fsp3) is 0.333. The quantitative estimate of drug-likeness (QED) is 0.920. The van der Waals surface area contributed by atoms with E-state index in [2.05, 4.69) is 10.3 Å². The number of hydrogen-bond donors (Lipinski definition) is 1. The molecule has 0 spiro atoms. The maximum atomic E-state index is 12.1. The molecule has 1 aromatic carbocycles. The predicted octanol–water partition coefficient (Wildman–Crippen LogP) is 3.09. The van der Waals surface area contributed by atoms with Crippen molar-refractivity contribution in [1.82, 2.24) is 4.98 Å². The average molecular weight is 290 g/mol. The minimum atomic E-state index is -0.0185. The number of methoxy groups -OCH3 is 1. The highest BCUT2D eigenvalue weighted by Gasteiger charge is 2.12. The van der Waals surface area contributed by atoms with E-state index in [1.807, 2.05) is 38.1 Å². The summed E-state index contributed by atoms with van der Waals surface area (Å²) in [6.07, 6.45) is 0.349. The highest BCUT2D eigenvalue weighted by atomic mass is 32.1. The van der Waals surface area contributed by atoms with Crippen molar-refractivity contribution in [3.8, 4) is 0 Å². The van der Waals surface area contributed by atoms with Crippen LogP contribution in [-0.4, -0.2) is 18.0 Å². The van der Waals surface area contributed by atoms with Crippen LogP contribution in [0.2, 0.25) is 0 Å². The molecule has 2 rings (SSSR count). The number of carbonyl (C=O) groups is 1. The Morgan fingerprint density at radius 2 is 2.10 bits per heavy atom. The lowest BCUT2D eigenvalue weighted by molar-refractivity contribution is -0.115. The van der Waals surface area contributed by atoms with E-state index in [1.165, 1.54) is 11.3 Å². The Bertz CT molecular complexity index is 608. The Labute approximate surface area is 122 Å². The van der Waals surface area contributed by atoms with Crippen LogP contribution in [0, 0.1) is 13.8 Å². The van der Waals surface area contributed by atoms with Gasteiger partial charge in [-0.3, -0.25) is 4.79 Å². The normalized spacial score (nSPS) is 10.6. The summed E-state index contributed by atoms with van der Waals surface area (Å²) in [6.45, 7) is 4.39. The van der Waals surface area contributed by atoms with Crippen LogP contribution in [-0.2, 0) is 22.6 Å². The molecule has 0 aliphatic rings. The minimum Gasteiger partial charge on any atom is -0.378 e. The number of ether oxygens (including phenoxy) is 1. The van der Waals surface area contributed by atoms with Crippen molar-refractivity contribution in [1.29, 1.82) is 0 Å². The zero-order chi connectivity index (χ0) is 14.5. The fourth-order valence-electron chi connectivity index (χ4n) is 1.89. The third-order valence-electron chi connectivity index (χ3n) is 2.95. The lowest BCUT2D eigenvalue weighted by atomic mass is 10.2. The molecule has 1 amide bonds. The SMILES string of the molecule is COCc1nc(C)c(CC(=O)Nc2ccccc2C)s1. The van der Waals surface area contributed by atoms with E-state index >= 15 is 0 Å². The van der Waals surface area contributed by atoms with Gasteiger partial charge in [-0.15, -0.1) is 11.3 Å². The van der Waals surface area contributed by atoms with Crippen LogP contribution in [0.3, 0.4) is 0 Å². The number of aryl methyl sites for hydroxylation is 2. The van der Waals surface area contributed by atoms with E-state index in [9.17, 15) is 4.79 Å². The summed E-state index contributed by atoms with van der Waals surface area (Å²) >= 11 is 1.53. The first kappa shape index (κ1) is 14.7. The summed E-state index contributed by atoms with van der Waals surface area (Å²) < 4.78 is 5.06. The van der Waals surface area contributed by atoms with Crippen LogP contribution in [0.4, 0.5) is 5.69 Å². The number of aromatic nitrogens is 1. The van der Waals surface area contributed by atoms with E-state index in [1.54, 1.807) is 7.11 Å². The van der Waals surface area contributed by atoms with Gasteiger partial charge in [0.05, 0.1) is 18.7 Å². The van der Waals surface area contributed by atoms with Gasteiger partial charge in [-0.25, -0.2) is 4.98 Å². The van der Waals surface area contributed by atoms with Crippen molar-refractivity contribution in [3.05, 3.63) is 45.4 Å².